The predicted molar refractivity (Wildman–Crippen MR) is 224 cm³/mol. The number of primary amides is 1. The second-order valence-electron chi connectivity index (χ2n) is 18.7. The fourth-order valence-corrected chi connectivity index (χ4v) is 9.22. The number of nitrogens with two attached hydrogens (primary N) is 1. The van der Waals surface area contributed by atoms with E-state index in [0.29, 0.717) is 0 Å². The molecule has 0 bridgehead atoms. The van der Waals surface area contributed by atoms with Crippen LogP contribution in [0, 0.1) is 5.92 Å². The molecule has 31 atom stereocenters. The molecule has 0 aromatic heterocycles. The summed E-state index contributed by atoms with van der Waals surface area (Å²) in [7, 11) is 1.18. The predicted octanol–water partition coefficient (Wildman–Crippen LogP) is -10.6. The zero-order valence-electron chi connectivity index (χ0n) is 39.3. The molecule has 0 aromatic rings. The van der Waals surface area contributed by atoms with Gasteiger partial charge in [0.2, 0.25) is 5.91 Å². The topological polar surface area (TPSA) is 469 Å². The summed E-state index contributed by atoms with van der Waals surface area (Å²) < 4.78 is 70.6. The number of aliphatic hydroxyl groups excluding tert-OH is 15. The molecule has 6 aliphatic rings. The molecule has 0 saturated carbocycles. The third-order valence-corrected chi connectivity index (χ3v) is 13.8. The molecule has 6 rings (SSSR count). The van der Waals surface area contributed by atoms with Crippen LogP contribution in [0.3, 0.4) is 0 Å². The summed E-state index contributed by atoms with van der Waals surface area (Å²) in [5, 5.41) is 165. The van der Waals surface area contributed by atoms with Crippen LogP contribution in [0.5, 0.6) is 0 Å². The molecule has 0 aromatic carbocycles. The molecule has 414 valence electrons. The van der Waals surface area contributed by atoms with Gasteiger partial charge in [-0.25, -0.2) is 0 Å². The molecule has 0 spiro atoms. The van der Waals surface area contributed by atoms with E-state index in [2.05, 4.69) is 5.32 Å². The summed E-state index contributed by atoms with van der Waals surface area (Å²) in [5.74, 6) is -1.81. The summed E-state index contributed by atoms with van der Waals surface area (Å²) >= 11 is 0. The monoisotopic (exact) mass is 1040 g/mol. The highest BCUT2D eigenvalue weighted by Crippen LogP contribution is 2.38. The lowest BCUT2D eigenvalue weighted by Gasteiger charge is -2.51. The molecule has 0 aliphatic carbocycles. The number of rotatable bonds is 18. The summed E-state index contributed by atoms with van der Waals surface area (Å²) in [6.07, 6.45) is -47.8. The number of carbonyl (C=O) groups excluding carboxylic acids is 1. The van der Waals surface area contributed by atoms with Gasteiger partial charge in [-0.05, 0) is 20.8 Å². The van der Waals surface area contributed by atoms with Crippen LogP contribution in [0.1, 0.15) is 27.7 Å². The Balaban J connectivity index is 1.35. The van der Waals surface area contributed by atoms with Crippen molar-refractivity contribution >= 4 is 5.91 Å². The van der Waals surface area contributed by atoms with E-state index in [1.807, 2.05) is 0 Å². The maximum atomic E-state index is 12.5. The Bertz CT molecular complexity index is 1660. The Kier molecular flexibility index (Phi) is 20.6. The lowest BCUT2D eigenvalue weighted by atomic mass is 9.92. The summed E-state index contributed by atoms with van der Waals surface area (Å²) in [6.45, 7) is 2.22. The minimum Gasteiger partial charge on any atom is -0.394 e. The van der Waals surface area contributed by atoms with Crippen molar-refractivity contribution in [3.05, 3.63) is 0 Å². The Labute approximate surface area is 406 Å². The quantitative estimate of drug-likeness (QED) is 0.0606. The third kappa shape index (κ3) is 12.5. The first kappa shape index (κ1) is 58.6. The van der Waals surface area contributed by atoms with Crippen LogP contribution in [-0.4, -0.2) is 300 Å². The van der Waals surface area contributed by atoms with Gasteiger partial charge < -0.3 is 139 Å². The van der Waals surface area contributed by atoms with Crippen molar-refractivity contribution < 1.29 is 138 Å². The number of carbonyl (C=O) groups is 1. The van der Waals surface area contributed by atoms with Crippen molar-refractivity contribution in [2.45, 2.75) is 212 Å². The lowest BCUT2D eigenvalue weighted by molar-refractivity contribution is -0.393. The number of ether oxygens (including phenoxy) is 12. The molecule has 30 heteroatoms. The number of hydrogen-bond donors (Lipinski definition) is 17. The number of methoxy groups -OCH3 is 1. The molecular weight excluding hydrogens is 968 g/mol. The van der Waals surface area contributed by atoms with Crippen LogP contribution in [0.25, 0.3) is 0 Å². The van der Waals surface area contributed by atoms with Gasteiger partial charge in [-0.3, -0.25) is 10.1 Å². The number of hydrogen-bond acceptors (Lipinski definition) is 29. The summed E-state index contributed by atoms with van der Waals surface area (Å²) in [6, 6.07) is -2.67. The van der Waals surface area contributed by atoms with Crippen LogP contribution < -0.4 is 11.1 Å². The number of aliphatic hydroxyl groups is 15. The van der Waals surface area contributed by atoms with Crippen molar-refractivity contribution in [1.29, 1.82) is 0 Å². The van der Waals surface area contributed by atoms with Crippen molar-refractivity contribution in [3.63, 3.8) is 0 Å². The molecule has 6 fully saturated rings. The highest BCUT2D eigenvalue weighted by Gasteiger charge is 2.58. The van der Waals surface area contributed by atoms with E-state index in [-0.39, 0.29) is 0 Å². The van der Waals surface area contributed by atoms with Crippen LogP contribution in [0.2, 0.25) is 0 Å². The minimum absolute atomic E-state index is 0.835. The summed E-state index contributed by atoms with van der Waals surface area (Å²) in [4.78, 5) is 12.5. The van der Waals surface area contributed by atoms with Gasteiger partial charge in [-0.2, -0.15) is 0 Å². The lowest BCUT2D eigenvalue weighted by Crippen LogP contribution is -2.71. The van der Waals surface area contributed by atoms with Crippen molar-refractivity contribution in [1.82, 2.24) is 5.32 Å². The highest BCUT2D eigenvalue weighted by atomic mass is 16.8. The Morgan fingerprint density at radius 1 is 0.479 bits per heavy atom. The van der Waals surface area contributed by atoms with Crippen molar-refractivity contribution in [3.8, 4) is 0 Å². The third-order valence-electron chi connectivity index (χ3n) is 13.8. The molecule has 6 saturated heterocycles. The van der Waals surface area contributed by atoms with E-state index in [1.165, 1.54) is 34.8 Å². The molecule has 6 heterocycles. The summed E-state index contributed by atoms with van der Waals surface area (Å²) in [5.41, 5.74) is 5.60. The van der Waals surface area contributed by atoms with Gasteiger partial charge in [0.05, 0.1) is 56.8 Å². The Morgan fingerprint density at radius 2 is 0.915 bits per heavy atom. The van der Waals surface area contributed by atoms with E-state index in [0.717, 1.165) is 0 Å². The highest BCUT2D eigenvalue weighted by molar-refractivity contribution is 5.79. The van der Waals surface area contributed by atoms with Gasteiger partial charge in [0, 0.05) is 13.0 Å². The first-order chi connectivity index (χ1) is 33.5. The maximum Gasteiger partial charge on any atom is 0.234 e. The van der Waals surface area contributed by atoms with Crippen LogP contribution in [-0.2, 0) is 61.6 Å². The van der Waals surface area contributed by atoms with Gasteiger partial charge >= 0.3 is 0 Å². The molecule has 1 amide bonds. The maximum absolute atomic E-state index is 12.5. The van der Waals surface area contributed by atoms with Gasteiger partial charge in [0.25, 0.3) is 0 Å². The SMILES string of the molecule is CO[C@H]1OC(CO)[C@H](O[C@H]2OC(CO)[C@@H](O)[C@H](O)C2O)[C@H](O[C@@H]2OC(CO[C@H]3OC(CO)[C@@H](O)[C@H](O)C3O)[C@@H](O)[C@H](O[C@@H]3OC(C)[C@H](O)[C@H](O[C@@H]4OC(C)[C@@H](O)[C@H](O)C4C)C3O)C2O)C1NC(C)C(N)=O. The molecule has 13 unspecified atom stereocenters. The van der Waals surface area contributed by atoms with E-state index in [9.17, 15) is 81.4 Å². The second-order valence-corrected chi connectivity index (χ2v) is 18.7. The van der Waals surface area contributed by atoms with Crippen molar-refractivity contribution in [2.24, 2.45) is 11.7 Å². The van der Waals surface area contributed by atoms with E-state index >= 15 is 0 Å². The van der Waals surface area contributed by atoms with Crippen molar-refractivity contribution in [2.75, 3.05) is 33.5 Å². The molecule has 18 N–H and O–H groups in total. The second kappa shape index (κ2) is 25.0. The largest absolute Gasteiger partial charge is 0.394 e. The number of nitrogens with one attached hydrogen (secondary N) is 1. The molecule has 71 heavy (non-hydrogen) atoms. The molecule has 6 aliphatic heterocycles. The smallest absolute Gasteiger partial charge is 0.234 e. The molecular formula is C41H72N2O28. The van der Waals surface area contributed by atoms with Crippen LogP contribution in [0.15, 0.2) is 0 Å². The van der Waals surface area contributed by atoms with Crippen LogP contribution >= 0.6 is 0 Å². The fraction of sp³-hybridized carbons (Fsp3) is 0.976. The van der Waals surface area contributed by atoms with Crippen LogP contribution in [0.4, 0.5) is 0 Å². The molecule has 0 radical (unpaired) electrons. The van der Waals surface area contributed by atoms with Gasteiger partial charge in [0.15, 0.2) is 37.7 Å². The average molecular weight is 1040 g/mol. The van der Waals surface area contributed by atoms with Gasteiger partial charge in [0.1, 0.15) is 116 Å². The average Bonchev–Trinajstić information content (AvgIpc) is 3.34. The zero-order chi connectivity index (χ0) is 52.5. The van der Waals surface area contributed by atoms with E-state index < -0.39 is 222 Å². The Morgan fingerprint density at radius 3 is 1.48 bits per heavy atom. The minimum atomic E-state index is -2.19. The van der Waals surface area contributed by atoms with Gasteiger partial charge in [-0.1, -0.05) is 6.92 Å². The van der Waals surface area contributed by atoms with Gasteiger partial charge in [-0.15, -0.1) is 0 Å². The van der Waals surface area contributed by atoms with E-state index in [1.54, 1.807) is 0 Å². The first-order valence-electron chi connectivity index (χ1n) is 23.2. The Hall–Kier alpha value is -1.65. The first-order valence-corrected chi connectivity index (χ1v) is 23.2. The molecule has 30 nitrogen and oxygen atoms in total. The standard InChI is InChI=1S/C41H72N2O28/c1-10-19(47)20(48)12(3)62-36(10)70-33-21(49)13(4)63-40(29(33)57)71-34-24(52)17(9-61-38-27(55)25(53)22(50)14(6-44)64-38)67-41(30(34)58)69-32-18(43-11(2)35(42)59)37(60-5)66-16(8-46)31(32)68-39-28(56)26(54)23(51)15(7-45)65-39/h10-34,36-41,43-58H,6-9H2,1-5H3,(H2,42,59)/t10?,11?,12?,13?,14?,15?,16?,17?,18?,19-,20-,21+,22-,23-,24-,25+,26+,27?,28?,29?,30?,31+,32-,33+,34+,36+,37+,38+,39-,40+,41+/m1/s1. The number of amides is 1. The van der Waals surface area contributed by atoms with E-state index in [4.69, 9.17) is 62.6 Å². The normalized spacial score (nSPS) is 51.4. The zero-order valence-corrected chi connectivity index (χ0v) is 39.3. The fourth-order valence-electron chi connectivity index (χ4n) is 9.22.